The van der Waals surface area contributed by atoms with Crippen LogP contribution < -0.4 is 26.4 Å². The summed E-state index contributed by atoms with van der Waals surface area (Å²) in [4.78, 5) is 43.2. The molecular formula is C21H24N8O4. The molecule has 0 saturated carbocycles. The van der Waals surface area contributed by atoms with Gasteiger partial charge in [-0.15, -0.1) is 0 Å². The highest BCUT2D eigenvalue weighted by molar-refractivity contribution is 5.95. The number of hydrogen-bond donors (Lipinski definition) is 3. The van der Waals surface area contributed by atoms with Gasteiger partial charge in [-0.2, -0.15) is 4.98 Å². The molecule has 1 saturated heterocycles. The van der Waals surface area contributed by atoms with Gasteiger partial charge in [0.15, 0.2) is 0 Å². The third-order valence-electron chi connectivity index (χ3n) is 5.32. The van der Waals surface area contributed by atoms with Gasteiger partial charge < -0.3 is 31.2 Å². The summed E-state index contributed by atoms with van der Waals surface area (Å²) in [5.41, 5.74) is 11.8. The van der Waals surface area contributed by atoms with Gasteiger partial charge in [0, 0.05) is 42.7 Å². The first-order valence-corrected chi connectivity index (χ1v) is 10.3. The fraction of sp³-hybridized carbons (Fsp3) is 0.333. The Bertz CT molecular complexity index is 1180. The fourth-order valence-corrected chi connectivity index (χ4v) is 3.70. The van der Waals surface area contributed by atoms with Crippen molar-refractivity contribution in [2.45, 2.75) is 12.3 Å². The quantitative estimate of drug-likeness (QED) is 0.436. The van der Waals surface area contributed by atoms with E-state index in [2.05, 4.69) is 30.2 Å². The summed E-state index contributed by atoms with van der Waals surface area (Å²) in [6, 6.07) is 5.15. The topological polar surface area (TPSA) is 171 Å². The average Bonchev–Trinajstić information content (AvgIpc) is 2.82. The van der Waals surface area contributed by atoms with E-state index in [4.69, 9.17) is 20.9 Å². The predicted octanol–water partition coefficient (Wildman–Crippen LogP) is 0.453. The minimum Gasteiger partial charge on any atom is -0.496 e. The van der Waals surface area contributed by atoms with Crippen LogP contribution >= 0.6 is 0 Å². The van der Waals surface area contributed by atoms with E-state index in [0.29, 0.717) is 47.2 Å². The molecule has 172 valence electrons. The van der Waals surface area contributed by atoms with E-state index in [1.807, 2.05) is 6.07 Å². The fourth-order valence-electron chi connectivity index (χ4n) is 3.70. The second-order valence-electron chi connectivity index (χ2n) is 7.42. The standard InChI is InChI=1S/C21H24N8O4/c1-32-16-10-15-14(8-12(16)13(19(23)31)9-17(22)30)20(26-11-25-15)28-21-24-3-2-18(27-21)29-4-6-33-7-5-29/h2-3,8,10-11,13H,4-7,9H2,1H3,(H2,22,30)(H2,23,31)(H,24,25,26,27,28). The van der Waals surface area contributed by atoms with Gasteiger partial charge in [-0.3, -0.25) is 9.59 Å². The van der Waals surface area contributed by atoms with Crippen molar-refractivity contribution in [2.75, 3.05) is 43.6 Å². The maximum atomic E-state index is 12.1. The Balaban J connectivity index is 1.73. The van der Waals surface area contributed by atoms with Crippen LogP contribution in [0.1, 0.15) is 17.9 Å². The Morgan fingerprint density at radius 1 is 1.21 bits per heavy atom. The molecule has 5 N–H and O–H groups in total. The number of nitrogens with one attached hydrogen (secondary N) is 1. The van der Waals surface area contributed by atoms with Crippen LogP contribution in [-0.2, 0) is 14.3 Å². The van der Waals surface area contributed by atoms with Gasteiger partial charge in [0.05, 0.1) is 31.8 Å². The summed E-state index contributed by atoms with van der Waals surface area (Å²) in [5, 5.41) is 3.69. The van der Waals surface area contributed by atoms with Crippen molar-refractivity contribution in [3.05, 3.63) is 36.3 Å². The highest BCUT2D eigenvalue weighted by atomic mass is 16.5. The number of carbonyl (C=O) groups is 2. The molecule has 0 spiro atoms. The van der Waals surface area contributed by atoms with Crippen LogP contribution in [0.5, 0.6) is 5.75 Å². The molecule has 1 aromatic carbocycles. The lowest BCUT2D eigenvalue weighted by Crippen LogP contribution is -2.36. The molecule has 1 fully saturated rings. The molecule has 12 nitrogen and oxygen atoms in total. The second kappa shape index (κ2) is 9.61. The Kier molecular flexibility index (Phi) is 6.45. The summed E-state index contributed by atoms with van der Waals surface area (Å²) in [5.74, 6) is -0.410. The van der Waals surface area contributed by atoms with Crippen LogP contribution in [0.25, 0.3) is 10.9 Å². The molecule has 3 heterocycles. The maximum absolute atomic E-state index is 12.1. The molecule has 2 aromatic heterocycles. The monoisotopic (exact) mass is 452 g/mol. The molecule has 1 atom stereocenters. The third-order valence-corrected chi connectivity index (χ3v) is 5.32. The number of primary amides is 2. The van der Waals surface area contributed by atoms with Crippen molar-refractivity contribution < 1.29 is 19.1 Å². The first-order chi connectivity index (χ1) is 16.0. The van der Waals surface area contributed by atoms with E-state index < -0.39 is 17.7 Å². The van der Waals surface area contributed by atoms with Crippen molar-refractivity contribution in [3.63, 3.8) is 0 Å². The number of hydrogen-bond acceptors (Lipinski definition) is 10. The minimum absolute atomic E-state index is 0.252. The predicted molar refractivity (Wildman–Crippen MR) is 120 cm³/mol. The van der Waals surface area contributed by atoms with E-state index in [9.17, 15) is 9.59 Å². The molecular weight excluding hydrogens is 428 g/mol. The Morgan fingerprint density at radius 2 is 2.00 bits per heavy atom. The SMILES string of the molecule is COc1cc2ncnc(Nc3nccc(N4CCOCC4)n3)c2cc1C(CC(N)=O)C(N)=O. The number of anilines is 3. The second-order valence-corrected chi connectivity index (χ2v) is 7.42. The summed E-state index contributed by atoms with van der Waals surface area (Å²) < 4.78 is 10.8. The van der Waals surface area contributed by atoms with Crippen molar-refractivity contribution in [3.8, 4) is 5.75 Å². The number of amides is 2. The summed E-state index contributed by atoms with van der Waals surface area (Å²) in [6.45, 7) is 2.76. The molecule has 0 aliphatic carbocycles. The number of rotatable bonds is 8. The van der Waals surface area contributed by atoms with Crippen LogP contribution in [0.3, 0.4) is 0 Å². The number of nitrogens with two attached hydrogens (primary N) is 2. The van der Waals surface area contributed by atoms with Crippen LogP contribution in [-0.4, -0.2) is 65.2 Å². The summed E-state index contributed by atoms with van der Waals surface area (Å²) >= 11 is 0. The molecule has 4 rings (SSSR count). The Hall–Kier alpha value is -4.06. The smallest absolute Gasteiger partial charge is 0.230 e. The Morgan fingerprint density at radius 3 is 2.70 bits per heavy atom. The number of fused-ring (bicyclic) bond motifs is 1. The minimum atomic E-state index is -0.962. The Labute approximate surface area is 189 Å². The number of carbonyl (C=O) groups excluding carboxylic acids is 2. The van der Waals surface area contributed by atoms with E-state index in [1.54, 1.807) is 18.3 Å². The number of morpholine rings is 1. The van der Waals surface area contributed by atoms with E-state index >= 15 is 0 Å². The van der Waals surface area contributed by atoms with E-state index in [-0.39, 0.29) is 6.42 Å². The van der Waals surface area contributed by atoms with Gasteiger partial charge in [0.1, 0.15) is 23.7 Å². The summed E-state index contributed by atoms with van der Waals surface area (Å²) in [6.07, 6.45) is 2.80. The van der Waals surface area contributed by atoms with Gasteiger partial charge in [-0.1, -0.05) is 0 Å². The van der Waals surface area contributed by atoms with Crippen LogP contribution in [0, 0.1) is 0 Å². The number of nitrogens with zero attached hydrogens (tertiary/aromatic N) is 5. The van der Waals surface area contributed by atoms with Crippen LogP contribution in [0.4, 0.5) is 17.6 Å². The van der Waals surface area contributed by atoms with Crippen molar-refractivity contribution in [1.82, 2.24) is 19.9 Å². The lowest BCUT2D eigenvalue weighted by atomic mass is 9.92. The lowest BCUT2D eigenvalue weighted by molar-refractivity contribution is -0.124. The van der Waals surface area contributed by atoms with Gasteiger partial charge in [-0.25, -0.2) is 15.0 Å². The number of benzene rings is 1. The van der Waals surface area contributed by atoms with Crippen LogP contribution in [0.15, 0.2) is 30.7 Å². The lowest BCUT2D eigenvalue weighted by Gasteiger charge is -2.27. The van der Waals surface area contributed by atoms with E-state index in [0.717, 1.165) is 18.9 Å². The highest BCUT2D eigenvalue weighted by Crippen LogP contribution is 2.35. The average molecular weight is 452 g/mol. The summed E-state index contributed by atoms with van der Waals surface area (Å²) in [7, 11) is 1.46. The first kappa shape index (κ1) is 22.1. The molecule has 2 amide bonds. The zero-order chi connectivity index (χ0) is 23.4. The largest absolute Gasteiger partial charge is 0.496 e. The zero-order valence-corrected chi connectivity index (χ0v) is 18.0. The third kappa shape index (κ3) is 4.90. The van der Waals surface area contributed by atoms with Gasteiger partial charge in [0.2, 0.25) is 17.8 Å². The zero-order valence-electron chi connectivity index (χ0n) is 18.0. The van der Waals surface area contributed by atoms with Gasteiger partial charge >= 0.3 is 0 Å². The molecule has 33 heavy (non-hydrogen) atoms. The number of ether oxygens (including phenoxy) is 2. The molecule has 3 aromatic rings. The molecule has 0 radical (unpaired) electrons. The molecule has 0 bridgehead atoms. The molecule has 12 heteroatoms. The highest BCUT2D eigenvalue weighted by Gasteiger charge is 2.25. The first-order valence-electron chi connectivity index (χ1n) is 10.3. The molecule has 1 aliphatic rings. The van der Waals surface area contributed by atoms with Gasteiger partial charge in [0.25, 0.3) is 0 Å². The number of methoxy groups -OCH3 is 1. The normalized spacial score (nSPS) is 14.6. The van der Waals surface area contributed by atoms with E-state index in [1.165, 1.54) is 13.4 Å². The van der Waals surface area contributed by atoms with Crippen molar-refractivity contribution in [1.29, 1.82) is 0 Å². The molecule has 1 unspecified atom stereocenters. The van der Waals surface area contributed by atoms with Crippen molar-refractivity contribution in [2.24, 2.45) is 11.5 Å². The van der Waals surface area contributed by atoms with Gasteiger partial charge in [-0.05, 0) is 12.1 Å². The van der Waals surface area contributed by atoms with Crippen LogP contribution in [0.2, 0.25) is 0 Å². The van der Waals surface area contributed by atoms with Crippen molar-refractivity contribution >= 4 is 40.3 Å². The number of aromatic nitrogens is 4. The maximum Gasteiger partial charge on any atom is 0.230 e. The molecule has 1 aliphatic heterocycles.